The molecule has 106 valence electrons. The van der Waals surface area contributed by atoms with E-state index in [4.69, 9.17) is 4.74 Å². The zero-order chi connectivity index (χ0) is 12.1. The predicted octanol–water partition coefficient (Wildman–Crippen LogP) is 1.44. The number of piperidine rings is 1. The first-order chi connectivity index (χ1) is 8.31. The van der Waals surface area contributed by atoms with Crippen molar-refractivity contribution in [2.75, 3.05) is 33.3 Å². The summed E-state index contributed by atoms with van der Waals surface area (Å²) < 4.78 is 5.46. The number of amides is 1. The molecule has 2 aliphatic rings. The van der Waals surface area contributed by atoms with Gasteiger partial charge in [-0.25, -0.2) is 0 Å². The van der Waals surface area contributed by atoms with Gasteiger partial charge < -0.3 is 15.0 Å². The molecule has 2 heterocycles. The highest BCUT2D eigenvalue weighted by molar-refractivity contribution is 5.85. The Kier molecular flexibility index (Phi) is 6.97. The van der Waals surface area contributed by atoms with Crippen molar-refractivity contribution in [2.24, 2.45) is 5.92 Å². The maximum atomic E-state index is 12.1. The second-order valence-electron chi connectivity index (χ2n) is 5.16. The van der Waals surface area contributed by atoms with Crippen LogP contribution in [0.25, 0.3) is 0 Å². The quantitative estimate of drug-likeness (QED) is 0.845. The Hall–Kier alpha value is -0.320. The maximum Gasteiger partial charge on any atom is 0.251 e. The molecule has 0 aliphatic carbocycles. The predicted molar refractivity (Wildman–Crippen MR) is 74.1 cm³/mol. The third kappa shape index (κ3) is 4.11. The van der Waals surface area contributed by atoms with E-state index in [2.05, 4.69) is 5.32 Å². The van der Waals surface area contributed by atoms with Gasteiger partial charge >= 0.3 is 0 Å². The summed E-state index contributed by atoms with van der Waals surface area (Å²) in [5, 5.41) is 3.19. The zero-order valence-corrected chi connectivity index (χ0v) is 12.0. The van der Waals surface area contributed by atoms with Gasteiger partial charge in [-0.05, 0) is 51.6 Å². The minimum Gasteiger partial charge on any atom is -0.368 e. The van der Waals surface area contributed by atoms with Gasteiger partial charge in [-0.15, -0.1) is 12.4 Å². The normalized spacial score (nSPS) is 24.9. The van der Waals surface area contributed by atoms with Crippen molar-refractivity contribution in [3.8, 4) is 0 Å². The van der Waals surface area contributed by atoms with Gasteiger partial charge in [-0.2, -0.15) is 0 Å². The van der Waals surface area contributed by atoms with Crippen LogP contribution in [0.1, 0.15) is 32.1 Å². The molecular weight excluding hydrogens is 252 g/mol. The van der Waals surface area contributed by atoms with Crippen molar-refractivity contribution in [1.82, 2.24) is 10.2 Å². The van der Waals surface area contributed by atoms with Crippen LogP contribution in [0.15, 0.2) is 0 Å². The molecular formula is C13H25ClN2O2. The number of halogens is 1. The summed E-state index contributed by atoms with van der Waals surface area (Å²) in [6, 6.07) is 0. The summed E-state index contributed by atoms with van der Waals surface area (Å²) in [5.74, 6) is 1.02. The molecule has 0 radical (unpaired) electrons. The molecule has 0 spiro atoms. The van der Waals surface area contributed by atoms with Gasteiger partial charge in [0.25, 0.3) is 5.91 Å². The van der Waals surface area contributed by atoms with E-state index in [0.29, 0.717) is 0 Å². The minimum atomic E-state index is -0.135. The third-order valence-corrected chi connectivity index (χ3v) is 3.93. The lowest BCUT2D eigenvalue weighted by Crippen LogP contribution is -2.43. The first-order valence-corrected chi connectivity index (χ1v) is 6.86. The molecule has 0 saturated carbocycles. The van der Waals surface area contributed by atoms with E-state index < -0.39 is 0 Å². The Balaban J connectivity index is 0.00000162. The molecule has 18 heavy (non-hydrogen) atoms. The molecule has 0 aromatic carbocycles. The molecule has 2 aliphatic heterocycles. The SMILES string of the molecule is CNCCC1CCN(C(=O)C2CCCO2)CC1.Cl. The fourth-order valence-electron chi connectivity index (χ4n) is 2.77. The number of carbonyl (C=O) groups is 1. The van der Waals surface area contributed by atoms with Crippen LogP contribution in [0.4, 0.5) is 0 Å². The van der Waals surface area contributed by atoms with Crippen LogP contribution in [0.3, 0.4) is 0 Å². The van der Waals surface area contributed by atoms with Crippen molar-refractivity contribution in [2.45, 2.75) is 38.2 Å². The molecule has 4 nitrogen and oxygen atoms in total. The molecule has 0 aromatic rings. The molecule has 2 fully saturated rings. The minimum absolute atomic E-state index is 0. The van der Waals surface area contributed by atoms with E-state index in [9.17, 15) is 4.79 Å². The Morgan fingerprint density at radius 1 is 1.33 bits per heavy atom. The number of carbonyl (C=O) groups excluding carboxylic acids is 1. The first-order valence-electron chi connectivity index (χ1n) is 6.86. The fraction of sp³-hybridized carbons (Fsp3) is 0.923. The number of hydrogen-bond donors (Lipinski definition) is 1. The average Bonchev–Trinajstić information content (AvgIpc) is 2.90. The van der Waals surface area contributed by atoms with E-state index in [1.807, 2.05) is 11.9 Å². The molecule has 1 N–H and O–H groups in total. The first kappa shape index (κ1) is 15.7. The van der Waals surface area contributed by atoms with Gasteiger partial charge in [0, 0.05) is 19.7 Å². The lowest BCUT2D eigenvalue weighted by molar-refractivity contribution is -0.142. The van der Waals surface area contributed by atoms with Crippen LogP contribution >= 0.6 is 12.4 Å². The van der Waals surface area contributed by atoms with Crippen LogP contribution in [0.2, 0.25) is 0 Å². The van der Waals surface area contributed by atoms with Gasteiger partial charge in [-0.1, -0.05) is 0 Å². The molecule has 1 amide bonds. The second-order valence-corrected chi connectivity index (χ2v) is 5.16. The Labute approximate surface area is 116 Å². The lowest BCUT2D eigenvalue weighted by atomic mass is 9.93. The molecule has 0 bridgehead atoms. The highest BCUT2D eigenvalue weighted by Gasteiger charge is 2.30. The Morgan fingerprint density at radius 2 is 2.06 bits per heavy atom. The van der Waals surface area contributed by atoms with E-state index in [1.165, 1.54) is 6.42 Å². The fourth-order valence-corrected chi connectivity index (χ4v) is 2.77. The largest absolute Gasteiger partial charge is 0.368 e. The van der Waals surface area contributed by atoms with Gasteiger partial charge in [0.1, 0.15) is 6.10 Å². The van der Waals surface area contributed by atoms with Gasteiger partial charge in [-0.3, -0.25) is 4.79 Å². The van der Waals surface area contributed by atoms with Crippen LogP contribution < -0.4 is 5.32 Å². The van der Waals surface area contributed by atoms with Crippen molar-refractivity contribution < 1.29 is 9.53 Å². The molecule has 5 heteroatoms. The number of nitrogens with zero attached hydrogens (tertiary/aromatic N) is 1. The number of hydrogen-bond acceptors (Lipinski definition) is 3. The van der Waals surface area contributed by atoms with Crippen LogP contribution in [-0.2, 0) is 9.53 Å². The van der Waals surface area contributed by atoms with E-state index in [0.717, 1.165) is 57.8 Å². The van der Waals surface area contributed by atoms with Gasteiger partial charge in [0.05, 0.1) is 0 Å². The molecule has 2 rings (SSSR count). The Bertz CT molecular complexity index is 249. The smallest absolute Gasteiger partial charge is 0.251 e. The van der Waals surface area contributed by atoms with Crippen molar-refractivity contribution in [3.63, 3.8) is 0 Å². The zero-order valence-electron chi connectivity index (χ0n) is 11.2. The monoisotopic (exact) mass is 276 g/mol. The summed E-state index contributed by atoms with van der Waals surface area (Å²) in [6.45, 7) is 3.69. The molecule has 2 saturated heterocycles. The number of ether oxygens (including phenoxy) is 1. The topological polar surface area (TPSA) is 41.6 Å². The Morgan fingerprint density at radius 3 is 2.61 bits per heavy atom. The molecule has 0 aromatic heterocycles. The van der Waals surface area contributed by atoms with Crippen molar-refractivity contribution in [3.05, 3.63) is 0 Å². The van der Waals surface area contributed by atoms with Crippen LogP contribution in [-0.4, -0.2) is 50.2 Å². The summed E-state index contributed by atoms with van der Waals surface area (Å²) in [4.78, 5) is 14.1. The van der Waals surface area contributed by atoms with Gasteiger partial charge in [0.2, 0.25) is 0 Å². The highest BCUT2D eigenvalue weighted by atomic mass is 35.5. The average molecular weight is 277 g/mol. The lowest BCUT2D eigenvalue weighted by Gasteiger charge is -2.33. The molecule has 1 unspecified atom stereocenters. The maximum absolute atomic E-state index is 12.1. The van der Waals surface area contributed by atoms with E-state index in [1.54, 1.807) is 0 Å². The number of rotatable bonds is 4. The van der Waals surface area contributed by atoms with Crippen LogP contribution in [0, 0.1) is 5.92 Å². The number of likely N-dealkylation sites (tertiary alicyclic amines) is 1. The highest BCUT2D eigenvalue weighted by Crippen LogP contribution is 2.22. The third-order valence-electron chi connectivity index (χ3n) is 3.93. The summed E-state index contributed by atoms with van der Waals surface area (Å²) in [5.41, 5.74) is 0. The van der Waals surface area contributed by atoms with E-state index in [-0.39, 0.29) is 24.4 Å². The number of nitrogens with one attached hydrogen (secondary N) is 1. The van der Waals surface area contributed by atoms with Gasteiger partial charge in [0.15, 0.2) is 0 Å². The van der Waals surface area contributed by atoms with Crippen molar-refractivity contribution >= 4 is 18.3 Å². The summed E-state index contributed by atoms with van der Waals surface area (Å²) >= 11 is 0. The van der Waals surface area contributed by atoms with E-state index >= 15 is 0 Å². The summed E-state index contributed by atoms with van der Waals surface area (Å²) in [6.07, 6.45) is 5.36. The molecule has 1 atom stereocenters. The summed E-state index contributed by atoms with van der Waals surface area (Å²) in [7, 11) is 2.00. The second kappa shape index (κ2) is 7.97. The van der Waals surface area contributed by atoms with Crippen molar-refractivity contribution in [1.29, 1.82) is 0 Å². The standard InChI is InChI=1S/C13H24N2O2.ClH/c1-14-7-4-11-5-8-15(9-6-11)13(16)12-3-2-10-17-12;/h11-12,14H,2-10H2,1H3;1H. The van der Waals surface area contributed by atoms with Crippen LogP contribution in [0.5, 0.6) is 0 Å².